The standard InChI is InChI=1S/C21H27FN4O/c1-25-12-14-26(15-13-25)20-8-6-19(7-9-20)24-21(27)10-11-23-16-17-2-4-18(22)5-3-17/h2-9,23H,10-16H2,1H3,(H,24,27). The molecule has 0 radical (unpaired) electrons. The van der Waals surface area contributed by atoms with Crippen LogP contribution in [-0.2, 0) is 11.3 Å². The number of anilines is 2. The molecule has 2 N–H and O–H groups in total. The first kappa shape index (κ1) is 19.3. The van der Waals surface area contributed by atoms with Crippen LogP contribution in [0, 0.1) is 5.82 Å². The first-order valence-electron chi connectivity index (χ1n) is 9.39. The Morgan fingerprint density at radius 2 is 1.67 bits per heavy atom. The minimum atomic E-state index is -0.239. The Labute approximate surface area is 160 Å². The number of halogens is 1. The lowest BCUT2D eigenvalue weighted by atomic mass is 10.2. The first-order chi connectivity index (χ1) is 13.1. The molecule has 1 saturated heterocycles. The fourth-order valence-electron chi connectivity index (χ4n) is 3.08. The summed E-state index contributed by atoms with van der Waals surface area (Å²) in [6.45, 7) is 5.40. The molecule has 144 valence electrons. The van der Waals surface area contributed by atoms with Gasteiger partial charge in [-0.2, -0.15) is 0 Å². The average Bonchev–Trinajstić information content (AvgIpc) is 2.68. The molecule has 1 aliphatic heterocycles. The number of piperazine rings is 1. The molecule has 27 heavy (non-hydrogen) atoms. The largest absolute Gasteiger partial charge is 0.369 e. The molecule has 5 nitrogen and oxygen atoms in total. The number of benzene rings is 2. The zero-order chi connectivity index (χ0) is 19.1. The fraction of sp³-hybridized carbons (Fsp3) is 0.381. The number of amides is 1. The number of nitrogens with zero attached hydrogens (tertiary/aromatic N) is 2. The van der Waals surface area contributed by atoms with E-state index in [9.17, 15) is 9.18 Å². The van der Waals surface area contributed by atoms with Gasteiger partial charge in [0.05, 0.1) is 0 Å². The molecule has 1 aliphatic rings. The van der Waals surface area contributed by atoms with Crippen molar-refractivity contribution in [3.05, 3.63) is 59.9 Å². The topological polar surface area (TPSA) is 47.6 Å². The number of nitrogens with one attached hydrogen (secondary N) is 2. The third-order valence-corrected chi connectivity index (χ3v) is 4.79. The molecule has 0 saturated carbocycles. The van der Waals surface area contributed by atoms with Gasteiger partial charge in [0.15, 0.2) is 0 Å². The number of carbonyl (C=O) groups excluding carboxylic acids is 1. The van der Waals surface area contributed by atoms with Crippen molar-refractivity contribution in [1.82, 2.24) is 10.2 Å². The smallest absolute Gasteiger partial charge is 0.225 e. The number of hydrogen-bond acceptors (Lipinski definition) is 4. The van der Waals surface area contributed by atoms with E-state index in [2.05, 4.69) is 39.6 Å². The minimum Gasteiger partial charge on any atom is -0.369 e. The maximum absolute atomic E-state index is 12.9. The van der Waals surface area contributed by atoms with Gasteiger partial charge in [-0.15, -0.1) is 0 Å². The van der Waals surface area contributed by atoms with Gasteiger partial charge < -0.3 is 20.4 Å². The Morgan fingerprint density at radius 1 is 1.00 bits per heavy atom. The highest BCUT2D eigenvalue weighted by Crippen LogP contribution is 2.19. The van der Waals surface area contributed by atoms with E-state index in [0.717, 1.165) is 37.4 Å². The molecule has 6 heteroatoms. The van der Waals surface area contributed by atoms with E-state index in [0.29, 0.717) is 19.5 Å². The summed E-state index contributed by atoms with van der Waals surface area (Å²) in [5.74, 6) is -0.259. The van der Waals surface area contributed by atoms with Gasteiger partial charge in [-0.25, -0.2) is 4.39 Å². The summed E-state index contributed by atoms with van der Waals surface area (Å²) in [5, 5.41) is 6.13. The van der Waals surface area contributed by atoms with Crippen LogP contribution in [0.2, 0.25) is 0 Å². The summed E-state index contributed by atoms with van der Waals surface area (Å²) in [7, 11) is 2.14. The average molecular weight is 370 g/mol. The summed E-state index contributed by atoms with van der Waals surface area (Å²) >= 11 is 0. The van der Waals surface area contributed by atoms with Crippen molar-refractivity contribution in [2.45, 2.75) is 13.0 Å². The zero-order valence-corrected chi connectivity index (χ0v) is 15.7. The van der Waals surface area contributed by atoms with Crippen LogP contribution in [0.5, 0.6) is 0 Å². The molecule has 2 aromatic carbocycles. The van der Waals surface area contributed by atoms with E-state index in [4.69, 9.17) is 0 Å². The van der Waals surface area contributed by atoms with Crippen LogP contribution in [0.4, 0.5) is 15.8 Å². The monoisotopic (exact) mass is 370 g/mol. The highest BCUT2D eigenvalue weighted by atomic mass is 19.1. The SMILES string of the molecule is CN1CCN(c2ccc(NC(=O)CCNCc3ccc(F)cc3)cc2)CC1. The second-order valence-corrected chi connectivity index (χ2v) is 6.94. The van der Waals surface area contributed by atoms with Crippen LogP contribution in [0.25, 0.3) is 0 Å². The predicted molar refractivity (Wildman–Crippen MR) is 108 cm³/mol. The van der Waals surface area contributed by atoms with Gasteiger partial charge in [-0.05, 0) is 49.0 Å². The molecule has 3 rings (SSSR count). The summed E-state index contributed by atoms with van der Waals surface area (Å²) in [6, 6.07) is 14.4. The van der Waals surface area contributed by atoms with E-state index in [1.807, 2.05) is 12.1 Å². The Kier molecular flexibility index (Phi) is 6.79. The molecule has 0 bridgehead atoms. The molecule has 0 spiro atoms. The molecular formula is C21H27FN4O. The number of likely N-dealkylation sites (N-methyl/N-ethyl adjacent to an activating group) is 1. The van der Waals surface area contributed by atoms with Gasteiger partial charge in [-0.1, -0.05) is 12.1 Å². The Balaban J connectivity index is 1.38. The second kappa shape index (κ2) is 9.48. The van der Waals surface area contributed by atoms with E-state index in [1.54, 1.807) is 12.1 Å². The van der Waals surface area contributed by atoms with E-state index in [-0.39, 0.29) is 11.7 Å². The predicted octanol–water partition coefficient (Wildman–Crippen LogP) is 2.70. The summed E-state index contributed by atoms with van der Waals surface area (Å²) < 4.78 is 12.9. The van der Waals surface area contributed by atoms with Crippen molar-refractivity contribution in [2.24, 2.45) is 0 Å². The quantitative estimate of drug-likeness (QED) is 0.736. The van der Waals surface area contributed by atoms with E-state index >= 15 is 0 Å². The number of carbonyl (C=O) groups is 1. The normalized spacial score (nSPS) is 15.0. The van der Waals surface area contributed by atoms with Gasteiger partial charge >= 0.3 is 0 Å². The summed E-state index contributed by atoms with van der Waals surface area (Å²) in [5.41, 5.74) is 3.01. The van der Waals surface area contributed by atoms with Gasteiger partial charge in [0.1, 0.15) is 5.82 Å². The third kappa shape index (κ3) is 6.05. The fourth-order valence-corrected chi connectivity index (χ4v) is 3.08. The maximum Gasteiger partial charge on any atom is 0.225 e. The highest BCUT2D eigenvalue weighted by Gasteiger charge is 2.14. The lowest BCUT2D eigenvalue weighted by Crippen LogP contribution is -2.44. The molecule has 1 amide bonds. The molecule has 0 aliphatic carbocycles. The third-order valence-electron chi connectivity index (χ3n) is 4.79. The molecule has 2 aromatic rings. The van der Waals surface area contributed by atoms with Gasteiger partial charge in [0.25, 0.3) is 0 Å². The molecule has 0 atom stereocenters. The summed E-state index contributed by atoms with van der Waals surface area (Å²) in [6.07, 6.45) is 0.390. The first-order valence-corrected chi connectivity index (χ1v) is 9.39. The van der Waals surface area contributed by atoms with Crippen molar-refractivity contribution in [2.75, 3.05) is 50.0 Å². The Hall–Kier alpha value is -2.44. The maximum atomic E-state index is 12.9. The lowest BCUT2D eigenvalue weighted by molar-refractivity contribution is -0.116. The van der Waals surface area contributed by atoms with E-state index in [1.165, 1.54) is 17.8 Å². The highest BCUT2D eigenvalue weighted by molar-refractivity contribution is 5.91. The van der Waals surface area contributed by atoms with Gasteiger partial charge in [0, 0.05) is 57.1 Å². The number of rotatable bonds is 7. The molecule has 1 fully saturated rings. The van der Waals surface area contributed by atoms with Crippen molar-refractivity contribution in [3.63, 3.8) is 0 Å². The molecule has 0 unspecified atom stereocenters. The van der Waals surface area contributed by atoms with Crippen molar-refractivity contribution >= 4 is 17.3 Å². The minimum absolute atomic E-state index is 0.0195. The van der Waals surface area contributed by atoms with Crippen molar-refractivity contribution in [1.29, 1.82) is 0 Å². The Bertz CT molecular complexity index is 725. The van der Waals surface area contributed by atoms with Crippen LogP contribution in [0.1, 0.15) is 12.0 Å². The van der Waals surface area contributed by atoms with Crippen LogP contribution in [-0.4, -0.2) is 50.6 Å². The van der Waals surface area contributed by atoms with Crippen LogP contribution >= 0.6 is 0 Å². The Morgan fingerprint density at radius 3 is 2.33 bits per heavy atom. The second-order valence-electron chi connectivity index (χ2n) is 6.94. The summed E-state index contributed by atoms with van der Waals surface area (Å²) in [4.78, 5) is 16.8. The number of hydrogen-bond donors (Lipinski definition) is 2. The van der Waals surface area contributed by atoms with Crippen molar-refractivity contribution < 1.29 is 9.18 Å². The molecular weight excluding hydrogens is 343 g/mol. The lowest BCUT2D eigenvalue weighted by Gasteiger charge is -2.34. The van der Waals surface area contributed by atoms with E-state index < -0.39 is 0 Å². The van der Waals surface area contributed by atoms with Crippen LogP contribution in [0.3, 0.4) is 0 Å². The van der Waals surface area contributed by atoms with Crippen molar-refractivity contribution in [3.8, 4) is 0 Å². The van der Waals surface area contributed by atoms with Crippen LogP contribution < -0.4 is 15.5 Å². The van der Waals surface area contributed by atoms with Crippen LogP contribution in [0.15, 0.2) is 48.5 Å². The van der Waals surface area contributed by atoms with Gasteiger partial charge in [0.2, 0.25) is 5.91 Å². The van der Waals surface area contributed by atoms with Gasteiger partial charge in [-0.3, -0.25) is 4.79 Å². The zero-order valence-electron chi connectivity index (χ0n) is 15.7. The molecule has 1 heterocycles. The molecule has 0 aromatic heterocycles.